The summed E-state index contributed by atoms with van der Waals surface area (Å²) in [7, 11) is 0. The van der Waals surface area contributed by atoms with Crippen LogP contribution in [0.4, 0.5) is 0 Å². The van der Waals surface area contributed by atoms with Crippen molar-refractivity contribution in [1.29, 1.82) is 0 Å². The molecule has 0 aliphatic carbocycles. The van der Waals surface area contributed by atoms with Crippen molar-refractivity contribution in [2.24, 2.45) is 5.92 Å². The molecule has 3 aromatic rings. The topological polar surface area (TPSA) is 80.1 Å². The predicted molar refractivity (Wildman–Crippen MR) is 123 cm³/mol. The molecule has 1 unspecified atom stereocenters. The van der Waals surface area contributed by atoms with Crippen LogP contribution in [0.25, 0.3) is 11.1 Å². The van der Waals surface area contributed by atoms with Crippen molar-refractivity contribution in [3.05, 3.63) is 71.8 Å². The second-order valence-electron chi connectivity index (χ2n) is 8.20. The molecular weight excluding hydrogens is 402 g/mol. The van der Waals surface area contributed by atoms with Crippen molar-refractivity contribution >= 4 is 11.8 Å². The van der Waals surface area contributed by atoms with Crippen LogP contribution in [-0.4, -0.2) is 44.6 Å². The molecule has 166 valence electrons. The summed E-state index contributed by atoms with van der Waals surface area (Å²) in [4.78, 5) is 27.1. The number of hydrogen-bond donors (Lipinski definition) is 1. The number of amides is 2. The molecule has 2 amide bonds. The van der Waals surface area contributed by atoms with E-state index in [1.54, 1.807) is 0 Å². The zero-order chi connectivity index (χ0) is 22.5. The molecule has 1 aliphatic rings. The first-order chi connectivity index (χ1) is 15.6. The maximum absolute atomic E-state index is 13.1. The van der Waals surface area contributed by atoms with E-state index in [2.05, 4.69) is 27.6 Å². The van der Waals surface area contributed by atoms with E-state index in [4.69, 9.17) is 0 Å². The third-order valence-electron chi connectivity index (χ3n) is 6.11. The third kappa shape index (κ3) is 4.72. The predicted octanol–water partition coefficient (Wildman–Crippen LogP) is 3.31. The lowest BCUT2D eigenvalue weighted by molar-refractivity contribution is -0.124. The zero-order valence-electron chi connectivity index (χ0n) is 18.6. The Balaban J connectivity index is 1.40. The number of hydrogen-bond acceptors (Lipinski definition) is 4. The number of aromatic nitrogens is 3. The van der Waals surface area contributed by atoms with Crippen LogP contribution in [-0.2, 0) is 24.3 Å². The van der Waals surface area contributed by atoms with Gasteiger partial charge in [0.1, 0.15) is 5.82 Å². The second-order valence-corrected chi connectivity index (χ2v) is 8.20. The summed E-state index contributed by atoms with van der Waals surface area (Å²) in [6.07, 6.45) is 1.44. The van der Waals surface area contributed by atoms with Crippen LogP contribution in [0.5, 0.6) is 0 Å². The van der Waals surface area contributed by atoms with E-state index >= 15 is 0 Å². The first-order valence-electron chi connectivity index (χ1n) is 11.2. The highest BCUT2D eigenvalue weighted by Gasteiger charge is 2.23. The van der Waals surface area contributed by atoms with Gasteiger partial charge in [0.2, 0.25) is 5.91 Å². The van der Waals surface area contributed by atoms with Crippen molar-refractivity contribution in [1.82, 2.24) is 25.0 Å². The van der Waals surface area contributed by atoms with Gasteiger partial charge in [-0.05, 0) is 29.7 Å². The number of benzene rings is 2. The molecule has 2 aromatic carbocycles. The minimum Gasteiger partial charge on any atom is -0.349 e. The molecule has 4 rings (SSSR count). The summed E-state index contributed by atoms with van der Waals surface area (Å²) in [5.41, 5.74) is 2.91. The highest BCUT2D eigenvalue weighted by Crippen LogP contribution is 2.20. The van der Waals surface area contributed by atoms with Gasteiger partial charge in [-0.25, -0.2) is 0 Å². The van der Waals surface area contributed by atoms with Gasteiger partial charge in [0.25, 0.3) is 5.91 Å². The molecule has 0 radical (unpaired) electrons. The van der Waals surface area contributed by atoms with Gasteiger partial charge in [0, 0.05) is 37.5 Å². The fourth-order valence-corrected chi connectivity index (χ4v) is 3.86. The molecule has 1 aliphatic heterocycles. The average Bonchev–Trinajstić information content (AvgIpc) is 3.11. The third-order valence-corrected chi connectivity index (χ3v) is 6.11. The van der Waals surface area contributed by atoms with Crippen molar-refractivity contribution in [2.75, 3.05) is 13.1 Å². The number of carbonyl (C=O) groups excluding carboxylic acids is 2. The molecule has 2 heterocycles. The summed E-state index contributed by atoms with van der Waals surface area (Å²) in [5.74, 6) is 1.61. The molecule has 32 heavy (non-hydrogen) atoms. The Morgan fingerprint density at radius 1 is 0.969 bits per heavy atom. The lowest BCUT2D eigenvalue weighted by Gasteiger charge is -2.20. The van der Waals surface area contributed by atoms with E-state index in [9.17, 15) is 9.59 Å². The summed E-state index contributed by atoms with van der Waals surface area (Å²) in [5, 5.41) is 11.5. The minimum atomic E-state index is -0.0251. The van der Waals surface area contributed by atoms with E-state index in [1.165, 1.54) is 0 Å². The van der Waals surface area contributed by atoms with Crippen molar-refractivity contribution in [3.8, 4) is 11.1 Å². The Hall–Kier alpha value is -3.48. The van der Waals surface area contributed by atoms with Gasteiger partial charge in [0.05, 0.1) is 6.54 Å². The summed E-state index contributed by atoms with van der Waals surface area (Å²) in [6, 6.07) is 17.9. The normalized spacial score (nSPS) is 14.4. The summed E-state index contributed by atoms with van der Waals surface area (Å²) < 4.78 is 2.03. The van der Waals surface area contributed by atoms with Gasteiger partial charge in [-0.2, -0.15) is 0 Å². The van der Waals surface area contributed by atoms with E-state index < -0.39 is 0 Å². The molecule has 0 spiro atoms. The maximum atomic E-state index is 13.1. The van der Waals surface area contributed by atoms with Crippen LogP contribution in [0.15, 0.2) is 54.6 Å². The lowest BCUT2D eigenvalue weighted by Crippen LogP contribution is -2.34. The first kappa shape index (κ1) is 21.7. The molecule has 1 atom stereocenters. The van der Waals surface area contributed by atoms with Gasteiger partial charge in [-0.3, -0.25) is 9.59 Å². The average molecular weight is 432 g/mol. The molecule has 1 aromatic heterocycles. The highest BCUT2D eigenvalue weighted by atomic mass is 16.2. The Morgan fingerprint density at radius 3 is 2.41 bits per heavy atom. The van der Waals surface area contributed by atoms with Gasteiger partial charge in [-0.1, -0.05) is 56.3 Å². The second kappa shape index (κ2) is 9.77. The fraction of sp³-hybridized carbons (Fsp3) is 0.360. The molecule has 0 saturated heterocycles. The van der Waals surface area contributed by atoms with Gasteiger partial charge in [0.15, 0.2) is 5.82 Å². The van der Waals surface area contributed by atoms with Crippen LogP contribution < -0.4 is 5.32 Å². The smallest absolute Gasteiger partial charge is 0.253 e. The largest absolute Gasteiger partial charge is 0.349 e. The minimum absolute atomic E-state index is 0.0224. The van der Waals surface area contributed by atoms with Gasteiger partial charge in [-0.15, -0.1) is 10.2 Å². The lowest BCUT2D eigenvalue weighted by atomic mass is 10.0. The van der Waals surface area contributed by atoms with Crippen molar-refractivity contribution < 1.29 is 9.59 Å². The Morgan fingerprint density at radius 2 is 1.69 bits per heavy atom. The Bertz CT molecular complexity index is 1080. The van der Waals surface area contributed by atoms with E-state index in [-0.39, 0.29) is 17.7 Å². The maximum Gasteiger partial charge on any atom is 0.253 e. The quantitative estimate of drug-likeness (QED) is 0.649. The van der Waals surface area contributed by atoms with E-state index in [0.29, 0.717) is 38.2 Å². The van der Waals surface area contributed by atoms with Crippen LogP contribution in [0.1, 0.15) is 42.3 Å². The molecule has 0 fully saturated rings. The molecule has 7 nitrogen and oxygen atoms in total. The first-order valence-corrected chi connectivity index (χ1v) is 11.2. The van der Waals surface area contributed by atoms with Gasteiger partial charge < -0.3 is 14.8 Å². The van der Waals surface area contributed by atoms with Crippen molar-refractivity contribution in [3.63, 3.8) is 0 Å². The number of carbonyl (C=O) groups is 2. The summed E-state index contributed by atoms with van der Waals surface area (Å²) >= 11 is 0. The van der Waals surface area contributed by atoms with Crippen molar-refractivity contribution in [2.45, 2.75) is 39.8 Å². The number of nitrogens with one attached hydrogen (secondary N) is 1. The van der Waals surface area contributed by atoms with Crippen LogP contribution in [0.3, 0.4) is 0 Å². The Labute approximate surface area is 188 Å². The standard InChI is InChI=1S/C25H29N5O2/c1-3-18(2)24(31)26-17-23-28-27-22-13-14-29(15-16-30(22)23)25(32)21-11-9-20(10-12-21)19-7-5-4-6-8-19/h4-12,18H,3,13-17H2,1-2H3,(H,26,31). The van der Waals surface area contributed by atoms with Crippen LogP contribution in [0, 0.1) is 5.92 Å². The zero-order valence-corrected chi connectivity index (χ0v) is 18.6. The monoisotopic (exact) mass is 431 g/mol. The molecule has 7 heteroatoms. The Kier molecular flexibility index (Phi) is 6.63. The van der Waals surface area contributed by atoms with Gasteiger partial charge >= 0.3 is 0 Å². The van der Waals surface area contributed by atoms with Crippen LogP contribution in [0.2, 0.25) is 0 Å². The molecule has 1 N–H and O–H groups in total. The number of rotatable bonds is 6. The fourth-order valence-electron chi connectivity index (χ4n) is 3.86. The highest BCUT2D eigenvalue weighted by molar-refractivity contribution is 5.94. The van der Waals surface area contributed by atoms with Crippen LogP contribution >= 0.6 is 0 Å². The molecular formula is C25H29N5O2. The SMILES string of the molecule is CCC(C)C(=O)NCc1nnc2n1CCN(C(=O)c1ccc(-c3ccccc3)cc1)CC2. The molecule has 0 saturated carbocycles. The number of nitrogens with zero attached hydrogens (tertiary/aromatic N) is 4. The van der Waals surface area contributed by atoms with E-state index in [1.807, 2.05) is 65.8 Å². The summed E-state index contributed by atoms with van der Waals surface area (Å²) in [6.45, 7) is 6.05. The van der Waals surface area contributed by atoms with E-state index in [0.717, 1.165) is 29.2 Å². The number of fused-ring (bicyclic) bond motifs is 1. The molecule has 0 bridgehead atoms.